The van der Waals surface area contributed by atoms with Crippen LogP contribution < -0.4 is 9.80 Å². The number of benzene rings is 8. The summed E-state index contributed by atoms with van der Waals surface area (Å²) in [6.45, 7) is 0. The molecule has 2 aliphatic carbocycles. The van der Waals surface area contributed by atoms with E-state index in [1.165, 1.54) is 83.1 Å². The summed E-state index contributed by atoms with van der Waals surface area (Å²) in [5.74, 6) is 0.550. The number of fused-ring (bicyclic) bond motifs is 12. The Morgan fingerprint density at radius 3 is 1.05 bits per heavy atom. The van der Waals surface area contributed by atoms with E-state index in [9.17, 15) is 0 Å². The van der Waals surface area contributed by atoms with E-state index in [0.717, 1.165) is 16.9 Å². The normalized spacial score (nSPS) is 19.2. The SMILES string of the molecule is C1=CC2c3ccccc3N(c3cc(-c4cc(-n5c6ccccc6c6ccccc65)cc(-n5c6ccccc6c6ccccc65)c4)cc(N4c5ccccc5C5C=CC=CC54)c3)C2C=C1. The van der Waals surface area contributed by atoms with E-state index in [1.807, 2.05) is 0 Å². The first-order valence-electron chi connectivity index (χ1n) is 22.5. The van der Waals surface area contributed by atoms with Crippen molar-refractivity contribution in [2.24, 2.45) is 0 Å². The minimum atomic E-state index is 0.165. The molecular formula is C60H42N4. The Morgan fingerprint density at radius 1 is 0.297 bits per heavy atom. The number of para-hydroxylation sites is 6. The maximum absolute atomic E-state index is 2.59. The fourth-order valence-corrected chi connectivity index (χ4v) is 11.6. The summed E-state index contributed by atoms with van der Waals surface area (Å²) in [5.41, 5.74) is 17.0. The van der Waals surface area contributed by atoms with Crippen molar-refractivity contribution in [2.45, 2.75) is 23.9 Å². The van der Waals surface area contributed by atoms with Gasteiger partial charge in [0.25, 0.3) is 0 Å². The van der Waals surface area contributed by atoms with Gasteiger partial charge in [0, 0.05) is 67.5 Å². The minimum Gasteiger partial charge on any atom is -0.333 e. The van der Waals surface area contributed by atoms with Gasteiger partial charge in [-0.3, -0.25) is 0 Å². The van der Waals surface area contributed by atoms with Gasteiger partial charge >= 0.3 is 0 Å². The predicted molar refractivity (Wildman–Crippen MR) is 267 cm³/mol. The van der Waals surface area contributed by atoms with Crippen molar-refractivity contribution in [3.05, 3.63) is 242 Å². The van der Waals surface area contributed by atoms with Gasteiger partial charge in [-0.2, -0.15) is 0 Å². The smallest absolute Gasteiger partial charge is 0.0629 e. The van der Waals surface area contributed by atoms with Gasteiger partial charge in [0.1, 0.15) is 0 Å². The molecule has 64 heavy (non-hydrogen) atoms. The van der Waals surface area contributed by atoms with Crippen LogP contribution in [0.3, 0.4) is 0 Å². The maximum atomic E-state index is 2.59. The molecule has 0 bridgehead atoms. The molecule has 4 atom stereocenters. The molecule has 10 aromatic rings. The third-order valence-electron chi connectivity index (χ3n) is 14.3. The summed E-state index contributed by atoms with van der Waals surface area (Å²) in [5, 5.41) is 5.00. The van der Waals surface area contributed by atoms with Crippen molar-refractivity contribution in [1.82, 2.24) is 9.13 Å². The second-order valence-corrected chi connectivity index (χ2v) is 17.6. The summed E-state index contributed by atoms with van der Waals surface area (Å²) in [7, 11) is 0. The molecule has 0 spiro atoms. The van der Waals surface area contributed by atoms with E-state index in [2.05, 4.69) is 250 Å². The molecule has 302 valence electrons. The summed E-state index contributed by atoms with van der Waals surface area (Å²) in [4.78, 5) is 5.18. The van der Waals surface area contributed by atoms with Crippen LogP contribution in [0, 0.1) is 0 Å². The van der Waals surface area contributed by atoms with Crippen LogP contribution >= 0.6 is 0 Å². The molecule has 0 N–H and O–H groups in total. The second-order valence-electron chi connectivity index (χ2n) is 17.6. The maximum Gasteiger partial charge on any atom is 0.0629 e. The van der Waals surface area contributed by atoms with Crippen LogP contribution in [-0.4, -0.2) is 21.2 Å². The lowest BCUT2D eigenvalue weighted by atomic mass is 9.91. The summed E-state index contributed by atoms with van der Waals surface area (Å²) >= 11 is 0. The Balaban J connectivity index is 1.07. The molecule has 4 aliphatic rings. The quantitative estimate of drug-likeness (QED) is 0.172. The molecule has 2 aromatic heterocycles. The fourth-order valence-electron chi connectivity index (χ4n) is 11.6. The largest absolute Gasteiger partial charge is 0.333 e. The molecule has 2 aliphatic heterocycles. The van der Waals surface area contributed by atoms with Crippen LogP contribution in [0.2, 0.25) is 0 Å². The first-order valence-corrected chi connectivity index (χ1v) is 22.5. The van der Waals surface area contributed by atoms with Crippen LogP contribution in [0.15, 0.2) is 231 Å². The fraction of sp³-hybridized carbons (Fsp3) is 0.0667. The van der Waals surface area contributed by atoms with Crippen LogP contribution in [-0.2, 0) is 0 Å². The van der Waals surface area contributed by atoms with Crippen LogP contribution in [0.25, 0.3) is 66.1 Å². The number of hydrogen-bond donors (Lipinski definition) is 0. The lowest BCUT2D eigenvalue weighted by Crippen LogP contribution is -2.30. The minimum absolute atomic E-state index is 0.165. The zero-order chi connectivity index (χ0) is 41.9. The second kappa shape index (κ2) is 13.7. The van der Waals surface area contributed by atoms with Crippen LogP contribution in [0.5, 0.6) is 0 Å². The lowest BCUT2D eigenvalue weighted by molar-refractivity contribution is 0.739. The van der Waals surface area contributed by atoms with Crippen molar-refractivity contribution >= 4 is 66.4 Å². The van der Waals surface area contributed by atoms with Gasteiger partial charge in [0.15, 0.2) is 0 Å². The van der Waals surface area contributed by atoms with Crippen molar-refractivity contribution in [1.29, 1.82) is 0 Å². The monoisotopic (exact) mass is 818 g/mol. The number of allylic oxidation sites excluding steroid dienone is 4. The average Bonchev–Trinajstić information content (AvgIpc) is 4.09. The highest BCUT2D eigenvalue weighted by Crippen LogP contribution is 2.52. The zero-order valence-corrected chi connectivity index (χ0v) is 35.0. The lowest BCUT2D eigenvalue weighted by Gasteiger charge is -2.33. The van der Waals surface area contributed by atoms with Crippen molar-refractivity contribution in [3.8, 4) is 22.5 Å². The third-order valence-corrected chi connectivity index (χ3v) is 14.3. The molecule has 4 unspecified atom stereocenters. The molecule has 0 saturated carbocycles. The molecule has 0 radical (unpaired) electrons. The Morgan fingerprint density at radius 2 is 0.625 bits per heavy atom. The van der Waals surface area contributed by atoms with E-state index in [1.54, 1.807) is 0 Å². The first-order chi connectivity index (χ1) is 31.8. The van der Waals surface area contributed by atoms with Gasteiger partial charge in [0.2, 0.25) is 0 Å². The number of anilines is 4. The van der Waals surface area contributed by atoms with Gasteiger partial charge in [-0.15, -0.1) is 0 Å². The van der Waals surface area contributed by atoms with E-state index < -0.39 is 0 Å². The Kier molecular flexibility index (Phi) is 7.61. The summed E-state index contributed by atoms with van der Waals surface area (Å²) in [6, 6.07) is 68.3. The molecular weight excluding hydrogens is 777 g/mol. The molecule has 0 amide bonds. The molecule has 4 nitrogen and oxygen atoms in total. The van der Waals surface area contributed by atoms with Gasteiger partial charge in [-0.25, -0.2) is 0 Å². The number of rotatable bonds is 5. The highest BCUT2D eigenvalue weighted by atomic mass is 15.2. The van der Waals surface area contributed by atoms with Gasteiger partial charge in [0.05, 0.1) is 34.2 Å². The van der Waals surface area contributed by atoms with Crippen LogP contribution in [0.1, 0.15) is 23.0 Å². The number of aromatic nitrogens is 2. The predicted octanol–water partition coefficient (Wildman–Crippen LogP) is 15.0. The standard InChI is InChI=1S/C60H42N4/c1-9-25-53-45(17-1)46-18-2-10-26-54(46)61(53)41-33-39(34-42(37-41)62-55-27-11-3-19-47(55)48-20-4-12-28-56(48)62)40-35-43(63-57-29-13-5-21-49(57)50-22-6-14-30-58(50)63)38-44(36-40)64-59-31-15-7-23-51(59)52-24-8-16-32-60(52)64/h1-38,45,47,53,55H. The van der Waals surface area contributed by atoms with Crippen LogP contribution in [0.4, 0.5) is 22.7 Å². The Bertz CT molecular complexity index is 3350. The topological polar surface area (TPSA) is 16.3 Å². The van der Waals surface area contributed by atoms with Crippen molar-refractivity contribution in [2.75, 3.05) is 9.80 Å². The molecule has 14 rings (SSSR count). The number of hydrogen-bond acceptors (Lipinski definition) is 2. The van der Waals surface area contributed by atoms with Gasteiger partial charge in [-0.05, 0) is 95.1 Å². The summed E-state index contributed by atoms with van der Waals surface area (Å²) in [6.07, 6.45) is 18.4. The average molecular weight is 819 g/mol. The number of nitrogens with zero attached hydrogens (tertiary/aromatic N) is 4. The van der Waals surface area contributed by atoms with Crippen molar-refractivity contribution in [3.63, 3.8) is 0 Å². The van der Waals surface area contributed by atoms with E-state index in [-0.39, 0.29) is 23.9 Å². The van der Waals surface area contributed by atoms with Gasteiger partial charge < -0.3 is 18.9 Å². The van der Waals surface area contributed by atoms with E-state index in [0.29, 0.717) is 0 Å². The van der Waals surface area contributed by atoms with E-state index in [4.69, 9.17) is 0 Å². The Labute approximate surface area is 371 Å². The molecule has 8 aromatic carbocycles. The highest BCUT2D eigenvalue weighted by Gasteiger charge is 2.40. The molecule has 4 heterocycles. The van der Waals surface area contributed by atoms with E-state index >= 15 is 0 Å². The highest BCUT2D eigenvalue weighted by molar-refractivity contribution is 6.11. The molecule has 0 saturated heterocycles. The first kappa shape index (κ1) is 35.5. The Hall–Kier alpha value is -8.08. The molecule has 4 heteroatoms. The zero-order valence-electron chi connectivity index (χ0n) is 35.0. The van der Waals surface area contributed by atoms with Crippen molar-refractivity contribution < 1.29 is 0 Å². The third kappa shape index (κ3) is 5.11. The summed E-state index contributed by atoms with van der Waals surface area (Å²) < 4.78 is 4.94. The molecule has 0 fully saturated rings. The van der Waals surface area contributed by atoms with Gasteiger partial charge in [-0.1, -0.05) is 158 Å².